The molecule has 21 heavy (non-hydrogen) atoms. The van der Waals surface area contributed by atoms with Crippen LogP contribution < -0.4 is 10.6 Å². The molecule has 2 N–H and O–H groups in total. The Morgan fingerprint density at radius 3 is 2.24 bits per heavy atom. The summed E-state index contributed by atoms with van der Waals surface area (Å²) in [6.45, 7) is 6.30. The highest BCUT2D eigenvalue weighted by molar-refractivity contribution is 9.10. The average Bonchev–Trinajstić information content (AvgIpc) is 2.44. The van der Waals surface area contributed by atoms with Gasteiger partial charge in [-0.05, 0) is 43.5 Å². The number of hydrogen-bond donors (Lipinski definition) is 2. The molecule has 1 aromatic carbocycles. The van der Waals surface area contributed by atoms with Gasteiger partial charge in [-0.15, -0.1) is 0 Å². The third-order valence-corrected chi connectivity index (χ3v) is 4.46. The Labute approximate surface area is 134 Å². The van der Waals surface area contributed by atoms with Gasteiger partial charge >= 0.3 is 0 Å². The quantitative estimate of drug-likeness (QED) is 0.829. The summed E-state index contributed by atoms with van der Waals surface area (Å²) in [6, 6.07) is 6.14. The van der Waals surface area contributed by atoms with E-state index in [9.17, 15) is 0 Å². The predicted molar refractivity (Wildman–Crippen MR) is 92.5 cm³/mol. The number of aromatic nitrogens is 2. The number of nitrogens with zero attached hydrogens (tertiary/aromatic N) is 2. The average molecular weight is 349 g/mol. The Morgan fingerprint density at radius 2 is 1.67 bits per heavy atom. The van der Waals surface area contributed by atoms with Gasteiger partial charge in [0.2, 0.25) is 0 Å². The van der Waals surface area contributed by atoms with E-state index in [1.54, 1.807) is 0 Å². The van der Waals surface area contributed by atoms with Crippen LogP contribution in [0.15, 0.2) is 22.7 Å². The minimum Gasteiger partial charge on any atom is -0.373 e. The lowest BCUT2D eigenvalue weighted by atomic mass is 10.1. The fourth-order valence-corrected chi connectivity index (χ4v) is 2.42. The molecule has 0 saturated heterocycles. The van der Waals surface area contributed by atoms with Crippen LogP contribution in [0.4, 0.5) is 17.3 Å². The van der Waals surface area contributed by atoms with Gasteiger partial charge in [-0.2, -0.15) is 0 Å². The Hall–Kier alpha value is -1.62. The summed E-state index contributed by atoms with van der Waals surface area (Å²) in [4.78, 5) is 9.04. The highest BCUT2D eigenvalue weighted by Crippen LogP contribution is 2.27. The standard InChI is InChI=1S/C16H21BrN4/c1-5-6-13-20-14(18-4)9-15(21-13)19-12-7-10(2)16(17)11(3)8-12/h7-9H,5-6H2,1-4H3,(H2,18,19,20,21). The zero-order chi connectivity index (χ0) is 15.4. The van der Waals surface area contributed by atoms with E-state index in [0.717, 1.165) is 40.5 Å². The topological polar surface area (TPSA) is 49.8 Å². The maximum absolute atomic E-state index is 4.57. The van der Waals surface area contributed by atoms with Crippen LogP contribution in [-0.4, -0.2) is 17.0 Å². The minimum absolute atomic E-state index is 0.818. The predicted octanol–water partition coefficient (Wildman–Crippen LogP) is 4.59. The molecule has 0 unspecified atom stereocenters. The van der Waals surface area contributed by atoms with Gasteiger partial charge in [0.15, 0.2) is 0 Å². The molecule has 4 nitrogen and oxygen atoms in total. The third-order valence-electron chi connectivity index (χ3n) is 3.21. The number of nitrogens with one attached hydrogen (secondary N) is 2. The highest BCUT2D eigenvalue weighted by Gasteiger charge is 2.06. The maximum atomic E-state index is 4.57. The van der Waals surface area contributed by atoms with Crippen LogP contribution in [0.25, 0.3) is 0 Å². The summed E-state index contributed by atoms with van der Waals surface area (Å²) in [5.74, 6) is 2.51. The van der Waals surface area contributed by atoms with E-state index >= 15 is 0 Å². The van der Waals surface area contributed by atoms with Crippen molar-refractivity contribution in [2.75, 3.05) is 17.7 Å². The first-order valence-corrected chi connectivity index (χ1v) is 7.92. The molecule has 0 aliphatic rings. The molecular weight excluding hydrogens is 328 g/mol. The monoisotopic (exact) mass is 348 g/mol. The lowest BCUT2D eigenvalue weighted by molar-refractivity contribution is 0.838. The number of halogens is 1. The molecule has 0 spiro atoms. The molecule has 2 aromatic rings. The molecule has 5 heteroatoms. The second kappa shape index (κ2) is 6.89. The van der Waals surface area contributed by atoms with E-state index in [0.29, 0.717) is 0 Å². The first-order chi connectivity index (χ1) is 10.0. The minimum atomic E-state index is 0.818. The number of anilines is 3. The number of benzene rings is 1. The molecule has 2 rings (SSSR count). The van der Waals surface area contributed by atoms with Crippen molar-refractivity contribution >= 4 is 33.3 Å². The Balaban J connectivity index is 2.32. The fraction of sp³-hybridized carbons (Fsp3) is 0.375. The molecule has 0 aliphatic heterocycles. The van der Waals surface area contributed by atoms with Crippen molar-refractivity contribution in [3.8, 4) is 0 Å². The van der Waals surface area contributed by atoms with Crippen molar-refractivity contribution in [2.24, 2.45) is 0 Å². The number of rotatable bonds is 5. The lowest BCUT2D eigenvalue weighted by Crippen LogP contribution is -2.04. The van der Waals surface area contributed by atoms with Crippen molar-refractivity contribution < 1.29 is 0 Å². The summed E-state index contributed by atoms with van der Waals surface area (Å²) >= 11 is 3.59. The second-order valence-corrected chi connectivity index (χ2v) is 5.90. The van der Waals surface area contributed by atoms with Gasteiger partial charge in [-0.1, -0.05) is 22.9 Å². The Kier molecular flexibility index (Phi) is 5.17. The van der Waals surface area contributed by atoms with Crippen LogP contribution in [-0.2, 0) is 6.42 Å². The van der Waals surface area contributed by atoms with Crippen LogP contribution in [0.3, 0.4) is 0 Å². The second-order valence-electron chi connectivity index (χ2n) is 5.10. The van der Waals surface area contributed by atoms with Gasteiger partial charge in [0.05, 0.1) is 0 Å². The van der Waals surface area contributed by atoms with Gasteiger partial charge in [-0.25, -0.2) is 9.97 Å². The van der Waals surface area contributed by atoms with Crippen molar-refractivity contribution in [3.63, 3.8) is 0 Å². The van der Waals surface area contributed by atoms with E-state index in [1.807, 2.05) is 13.1 Å². The van der Waals surface area contributed by atoms with Crippen LogP contribution in [0, 0.1) is 13.8 Å². The molecule has 0 aliphatic carbocycles. The zero-order valence-electron chi connectivity index (χ0n) is 12.9. The smallest absolute Gasteiger partial charge is 0.136 e. The van der Waals surface area contributed by atoms with Crippen molar-refractivity contribution in [2.45, 2.75) is 33.6 Å². The summed E-state index contributed by atoms with van der Waals surface area (Å²) in [5, 5.41) is 6.46. The van der Waals surface area contributed by atoms with Crippen molar-refractivity contribution in [1.29, 1.82) is 0 Å². The van der Waals surface area contributed by atoms with Crippen LogP contribution in [0.5, 0.6) is 0 Å². The summed E-state index contributed by atoms with van der Waals surface area (Å²) in [7, 11) is 1.87. The van der Waals surface area contributed by atoms with Gasteiger partial charge in [0.25, 0.3) is 0 Å². The molecule has 0 atom stereocenters. The van der Waals surface area contributed by atoms with Gasteiger partial charge in [0.1, 0.15) is 17.5 Å². The zero-order valence-corrected chi connectivity index (χ0v) is 14.5. The van der Waals surface area contributed by atoms with E-state index in [2.05, 4.69) is 69.4 Å². The van der Waals surface area contributed by atoms with Crippen molar-refractivity contribution in [1.82, 2.24) is 9.97 Å². The molecule has 112 valence electrons. The van der Waals surface area contributed by atoms with E-state index < -0.39 is 0 Å². The molecule has 1 heterocycles. The normalized spacial score (nSPS) is 10.5. The molecule has 0 radical (unpaired) electrons. The summed E-state index contributed by atoms with van der Waals surface area (Å²) in [6.07, 6.45) is 1.91. The molecule has 0 fully saturated rings. The van der Waals surface area contributed by atoms with Crippen LogP contribution in [0.1, 0.15) is 30.3 Å². The highest BCUT2D eigenvalue weighted by atomic mass is 79.9. The molecule has 0 bridgehead atoms. The molecule has 0 saturated carbocycles. The van der Waals surface area contributed by atoms with Crippen LogP contribution in [0.2, 0.25) is 0 Å². The SMILES string of the molecule is CCCc1nc(NC)cc(Nc2cc(C)c(Br)c(C)c2)n1. The van der Waals surface area contributed by atoms with Crippen LogP contribution >= 0.6 is 15.9 Å². The first-order valence-electron chi connectivity index (χ1n) is 7.13. The van der Waals surface area contributed by atoms with Gasteiger partial charge in [-0.3, -0.25) is 0 Å². The van der Waals surface area contributed by atoms with Gasteiger partial charge in [0, 0.05) is 29.7 Å². The van der Waals surface area contributed by atoms with E-state index in [1.165, 1.54) is 11.1 Å². The van der Waals surface area contributed by atoms with E-state index in [-0.39, 0.29) is 0 Å². The Morgan fingerprint density at radius 1 is 1.05 bits per heavy atom. The lowest BCUT2D eigenvalue weighted by Gasteiger charge is -2.12. The first kappa shape index (κ1) is 15.8. The molecule has 1 aromatic heterocycles. The molecule has 0 amide bonds. The third kappa shape index (κ3) is 3.94. The van der Waals surface area contributed by atoms with E-state index in [4.69, 9.17) is 0 Å². The fourth-order valence-electron chi connectivity index (χ4n) is 2.19. The largest absolute Gasteiger partial charge is 0.373 e. The Bertz CT molecular complexity index is 617. The molecular formula is C16H21BrN4. The maximum Gasteiger partial charge on any atom is 0.136 e. The van der Waals surface area contributed by atoms with Gasteiger partial charge < -0.3 is 10.6 Å². The van der Waals surface area contributed by atoms with Crippen molar-refractivity contribution in [3.05, 3.63) is 39.6 Å². The number of aryl methyl sites for hydroxylation is 3. The number of hydrogen-bond acceptors (Lipinski definition) is 4. The summed E-state index contributed by atoms with van der Waals surface area (Å²) < 4.78 is 1.15. The summed E-state index contributed by atoms with van der Waals surface area (Å²) in [5.41, 5.74) is 3.44.